The summed E-state index contributed by atoms with van der Waals surface area (Å²) < 4.78 is 0. The standard InChI is InChI=1S/C65H42N2/c1-3-16-43(17-4-1)48-21-14-24-52(39-48)62-42-63(53-25-15-22-49(40-53)44-18-5-2-6-19-44)67-64(66-62)46-34-32-45(33-35-46)47-20-13-23-50(38-47)51-36-37-57-56-28-9-12-31-60(56)65(61(57)41-51)58-29-10-7-26-54(58)55-27-8-11-30-59(55)65/h1-42H. The minimum atomic E-state index is -0.378. The van der Waals surface area contributed by atoms with Crippen LogP contribution < -0.4 is 0 Å². The predicted molar refractivity (Wildman–Crippen MR) is 276 cm³/mol. The second kappa shape index (κ2) is 15.8. The zero-order valence-electron chi connectivity index (χ0n) is 36.6. The zero-order valence-corrected chi connectivity index (χ0v) is 36.6. The molecule has 0 radical (unpaired) electrons. The second-order valence-corrected chi connectivity index (χ2v) is 17.7. The Morgan fingerprint density at radius 2 is 0.537 bits per heavy atom. The van der Waals surface area contributed by atoms with E-state index in [-0.39, 0.29) is 5.41 Å². The van der Waals surface area contributed by atoms with Crippen LogP contribution in [0.2, 0.25) is 0 Å². The normalized spacial score (nSPS) is 12.6. The molecule has 312 valence electrons. The van der Waals surface area contributed by atoms with E-state index >= 15 is 0 Å². The van der Waals surface area contributed by atoms with E-state index in [1.807, 2.05) is 0 Å². The summed E-state index contributed by atoms with van der Waals surface area (Å²) in [5, 5.41) is 0. The fourth-order valence-electron chi connectivity index (χ4n) is 10.8. The van der Waals surface area contributed by atoms with Gasteiger partial charge in [-0.15, -0.1) is 0 Å². The Morgan fingerprint density at radius 3 is 1.03 bits per heavy atom. The van der Waals surface area contributed by atoms with E-state index < -0.39 is 0 Å². The van der Waals surface area contributed by atoms with Crippen molar-refractivity contribution in [2.24, 2.45) is 0 Å². The highest BCUT2D eigenvalue weighted by molar-refractivity contribution is 5.96. The van der Waals surface area contributed by atoms with Gasteiger partial charge in [0.1, 0.15) is 0 Å². The van der Waals surface area contributed by atoms with Crippen LogP contribution in [-0.4, -0.2) is 9.97 Å². The zero-order chi connectivity index (χ0) is 44.3. The Bertz CT molecular complexity index is 3520. The number of fused-ring (bicyclic) bond motifs is 10. The lowest BCUT2D eigenvalue weighted by Gasteiger charge is -2.30. The Morgan fingerprint density at radius 1 is 0.209 bits per heavy atom. The molecule has 11 aromatic rings. The molecule has 0 N–H and O–H groups in total. The van der Waals surface area contributed by atoms with Gasteiger partial charge in [-0.05, 0) is 119 Å². The van der Waals surface area contributed by atoms with Crippen LogP contribution >= 0.6 is 0 Å². The van der Waals surface area contributed by atoms with Gasteiger partial charge in [-0.3, -0.25) is 0 Å². The van der Waals surface area contributed by atoms with Crippen molar-refractivity contribution in [3.63, 3.8) is 0 Å². The molecule has 2 nitrogen and oxygen atoms in total. The van der Waals surface area contributed by atoms with E-state index in [2.05, 4.69) is 255 Å². The molecule has 2 aliphatic rings. The second-order valence-electron chi connectivity index (χ2n) is 17.7. The average molecular weight is 851 g/mol. The Kier molecular flexibility index (Phi) is 9.11. The topological polar surface area (TPSA) is 25.8 Å². The van der Waals surface area contributed by atoms with Crippen LogP contribution in [0.3, 0.4) is 0 Å². The Labute approximate surface area is 391 Å². The van der Waals surface area contributed by atoms with E-state index in [0.29, 0.717) is 5.82 Å². The van der Waals surface area contributed by atoms with Crippen LogP contribution in [0.1, 0.15) is 22.3 Å². The number of rotatable bonds is 7. The minimum Gasteiger partial charge on any atom is -0.228 e. The fraction of sp³-hybridized carbons (Fsp3) is 0.0154. The maximum Gasteiger partial charge on any atom is 0.160 e. The van der Waals surface area contributed by atoms with Gasteiger partial charge < -0.3 is 0 Å². The molecule has 0 atom stereocenters. The highest BCUT2D eigenvalue weighted by atomic mass is 14.9. The minimum absolute atomic E-state index is 0.378. The summed E-state index contributed by atoms with van der Waals surface area (Å²) in [6.07, 6.45) is 0. The van der Waals surface area contributed by atoms with Gasteiger partial charge in [0.05, 0.1) is 16.8 Å². The van der Waals surface area contributed by atoms with Crippen LogP contribution in [0.5, 0.6) is 0 Å². The van der Waals surface area contributed by atoms with Gasteiger partial charge in [-0.25, -0.2) is 9.97 Å². The lowest BCUT2D eigenvalue weighted by atomic mass is 9.70. The van der Waals surface area contributed by atoms with E-state index in [9.17, 15) is 0 Å². The third-order valence-electron chi connectivity index (χ3n) is 13.9. The lowest BCUT2D eigenvalue weighted by Crippen LogP contribution is -2.25. The molecule has 13 rings (SSSR count). The lowest BCUT2D eigenvalue weighted by molar-refractivity contribution is 0.794. The van der Waals surface area contributed by atoms with E-state index in [4.69, 9.17) is 9.97 Å². The van der Waals surface area contributed by atoms with Gasteiger partial charge in [-0.1, -0.05) is 224 Å². The quantitative estimate of drug-likeness (QED) is 0.160. The molecular formula is C65H42N2. The molecule has 0 saturated carbocycles. The van der Waals surface area contributed by atoms with E-state index in [1.54, 1.807) is 0 Å². The summed E-state index contributed by atoms with van der Waals surface area (Å²) >= 11 is 0. The predicted octanol–water partition coefficient (Wildman–Crippen LogP) is 16.5. The molecule has 0 fully saturated rings. The van der Waals surface area contributed by atoms with Crippen LogP contribution in [0.25, 0.3) is 101 Å². The van der Waals surface area contributed by atoms with Gasteiger partial charge in [0.15, 0.2) is 5.82 Å². The molecule has 0 amide bonds. The third kappa shape index (κ3) is 6.41. The number of aromatic nitrogens is 2. The van der Waals surface area contributed by atoms with Gasteiger partial charge in [-0.2, -0.15) is 0 Å². The fourth-order valence-corrected chi connectivity index (χ4v) is 10.8. The molecule has 67 heavy (non-hydrogen) atoms. The van der Waals surface area contributed by atoms with Crippen LogP contribution in [0.15, 0.2) is 255 Å². The summed E-state index contributed by atoms with van der Waals surface area (Å²) in [6, 6.07) is 92.3. The van der Waals surface area contributed by atoms with Crippen molar-refractivity contribution in [3.8, 4) is 101 Å². The Balaban J connectivity index is 0.879. The van der Waals surface area contributed by atoms with Gasteiger partial charge in [0, 0.05) is 16.7 Å². The number of benzene rings is 10. The van der Waals surface area contributed by atoms with Crippen LogP contribution in [0.4, 0.5) is 0 Å². The molecular weight excluding hydrogens is 809 g/mol. The van der Waals surface area contributed by atoms with E-state index in [1.165, 1.54) is 66.8 Å². The maximum absolute atomic E-state index is 5.26. The monoisotopic (exact) mass is 850 g/mol. The van der Waals surface area contributed by atoms with Crippen molar-refractivity contribution >= 4 is 0 Å². The number of hydrogen-bond acceptors (Lipinski definition) is 2. The number of nitrogens with zero attached hydrogens (tertiary/aromatic N) is 2. The molecule has 0 bridgehead atoms. The molecule has 1 heterocycles. The summed E-state index contributed by atoms with van der Waals surface area (Å²) in [5.74, 6) is 0.686. The van der Waals surface area contributed by atoms with E-state index in [0.717, 1.165) is 50.3 Å². The first-order valence-corrected chi connectivity index (χ1v) is 23.0. The van der Waals surface area contributed by atoms with Crippen molar-refractivity contribution in [1.82, 2.24) is 9.97 Å². The van der Waals surface area contributed by atoms with Gasteiger partial charge >= 0.3 is 0 Å². The van der Waals surface area contributed by atoms with Crippen molar-refractivity contribution in [2.45, 2.75) is 5.41 Å². The van der Waals surface area contributed by atoms with Crippen molar-refractivity contribution in [1.29, 1.82) is 0 Å². The summed E-state index contributed by atoms with van der Waals surface area (Å²) in [4.78, 5) is 10.5. The Hall–Kier alpha value is -8.72. The highest BCUT2D eigenvalue weighted by Gasteiger charge is 2.51. The molecule has 1 aromatic heterocycles. The molecule has 1 spiro atoms. The first-order chi connectivity index (χ1) is 33.2. The summed E-state index contributed by atoms with van der Waals surface area (Å²) in [5.41, 5.74) is 24.4. The van der Waals surface area contributed by atoms with Crippen molar-refractivity contribution in [2.75, 3.05) is 0 Å². The first kappa shape index (κ1) is 38.7. The molecule has 0 saturated heterocycles. The third-order valence-corrected chi connectivity index (χ3v) is 13.9. The van der Waals surface area contributed by atoms with Gasteiger partial charge in [0.25, 0.3) is 0 Å². The molecule has 0 aliphatic heterocycles. The molecule has 10 aromatic carbocycles. The van der Waals surface area contributed by atoms with Crippen molar-refractivity contribution in [3.05, 3.63) is 277 Å². The number of hydrogen-bond donors (Lipinski definition) is 0. The molecule has 2 heteroatoms. The largest absolute Gasteiger partial charge is 0.228 e. The summed E-state index contributed by atoms with van der Waals surface area (Å²) in [7, 11) is 0. The smallest absolute Gasteiger partial charge is 0.160 e. The van der Waals surface area contributed by atoms with Crippen molar-refractivity contribution < 1.29 is 0 Å². The van der Waals surface area contributed by atoms with Gasteiger partial charge in [0.2, 0.25) is 0 Å². The first-order valence-electron chi connectivity index (χ1n) is 23.0. The van der Waals surface area contributed by atoms with Crippen LogP contribution in [-0.2, 0) is 5.41 Å². The maximum atomic E-state index is 5.26. The average Bonchev–Trinajstić information content (AvgIpc) is 3.88. The summed E-state index contributed by atoms with van der Waals surface area (Å²) in [6.45, 7) is 0. The highest BCUT2D eigenvalue weighted by Crippen LogP contribution is 2.63. The molecule has 2 aliphatic carbocycles. The molecule has 0 unspecified atom stereocenters. The van der Waals surface area contributed by atoms with Crippen LogP contribution in [0, 0.1) is 0 Å². The SMILES string of the molecule is c1ccc(-c2cccc(-c3cc(-c4cccc(-c5ccccc5)c4)nc(-c4ccc(-c5cccc(-c6ccc7c(c6)C6(c8ccccc8-c8ccccc86)c6ccccc6-7)c5)cc4)n3)c2)cc1.